The highest BCUT2D eigenvalue weighted by Gasteiger charge is 2.48. The van der Waals surface area contributed by atoms with Crippen molar-refractivity contribution in [3.8, 4) is 0 Å². The summed E-state index contributed by atoms with van der Waals surface area (Å²) in [6, 6.07) is 4.12. The lowest BCUT2D eigenvalue weighted by Gasteiger charge is -2.55. The fourth-order valence-corrected chi connectivity index (χ4v) is 5.81. The van der Waals surface area contributed by atoms with Crippen molar-refractivity contribution in [2.24, 2.45) is 16.6 Å². The molecule has 1 saturated carbocycles. The van der Waals surface area contributed by atoms with E-state index in [2.05, 4.69) is 45.7 Å². The van der Waals surface area contributed by atoms with E-state index in [0.717, 1.165) is 30.3 Å². The monoisotopic (exact) mass is 328 g/mol. The summed E-state index contributed by atoms with van der Waals surface area (Å²) < 4.78 is 0.865. The van der Waals surface area contributed by atoms with Crippen LogP contribution in [0.25, 0.3) is 0 Å². The van der Waals surface area contributed by atoms with E-state index < -0.39 is 0 Å². The fourth-order valence-electron chi connectivity index (χ4n) is 4.67. The van der Waals surface area contributed by atoms with Crippen LogP contribution >= 0.6 is 22.9 Å². The van der Waals surface area contributed by atoms with Crippen molar-refractivity contribution in [2.45, 2.75) is 59.0 Å². The summed E-state index contributed by atoms with van der Waals surface area (Å²) in [5.41, 5.74) is 7.03. The Morgan fingerprint density at radius 3 is 2.14 bits per heavy atom. The molecule has 2 N–H and O–H groups in total. The van der Waals surface area contributed by atoms with Crippen LogP contribution in [-0.2, 0) is 6.54 Å². The second-order valence-electron chi connectivity index (χ2n) is 8.35. The Bertz CT molecular complexity index is 477. The summed E-state index contributed by atoms with van der Waals surface area (Å²) >= 11 is 7.74. The average molecular weight is 329 g/mol. The van der Waals surface area contributed by atoms with Gasteiger partial charge in [-0.1, -0.05) is 39.3 Å². The normalized spacial score (nSPS) is 23.4. The fraction of sp³-hybridized carbons (Fsp3) is 0.765. The van der Waals surface area contributed by atoms with Crippen LogP contribution < -0.4 is 5.73 Å². The summed E-state index contributed by atoms with van der Waals surface area (Å²) in [5.74, 6) is 0. The van der Waals surface area contributed by atoms with Crippen molar-refractivity contribution in [3.63, 3.8) is 0 Å². The highest BCUT2D eigenvalue weighted by molar-refractivity contribution is 7.16. The number of rotatable bonds is 4. The van der Waals surface area contributed by atoms with Crippen LogP contribution in [0.15, 0.2) is 12.1 Å². The summed E-state index contributed by atoms with van der Waals surface area (Å²) in [7, 11) is 2.22. The van der Waals surface area contributed by atoms with Crippen LogP contribution in [0.5, 0.6) is 0 Å². The number of hydrogen-bond donors (Lipinski definition) is 1. The zero-order valence-electron chi connectivity index (χ0n) is 14.0. The molecule has 1 aliphatic carbocycles. The molecular formula is C17H29ClN2S. The van der Waals surface area contributed by atoms with Crippen LogP contribution in [-0.4, -0.2) is 24.0 Å². The van der Waals surface area contributed by atoms with Crippen molar-refractivity contribution in [1.29, 1.82) is 0 Å². The van der Waals surface area contributed by atoms with E-state index in [1.54, 1.807) is 11.3 Å². The average Bonchev–Trinajstić information content (AvgIpc) is 2.70. The predicted molar refractivity (Wildman–Crippen MR) is 94.0 cm³/mol. The SMILES string of the molecule is CN(Cc1ccc(Cl)s1)C1(CN)CC(C)(C)CC(C)(C)C1. The molecule has 0 bridgehead atoms. The molecule has 21 heavy (non-hydrogen) atoms. The van der Waals surface area contributed by atoms with Gasteiger partial charge < -0.3 is 5.73 Å². The molecule has 1 heterocycles. The number of nitrogens with zero attached hydrogens (tertiary/aromatic N) is 1. The quantitative estimate of drug-likeness (QED) is 0.862. The van der Waals surface area contributed by atoms with E-state index in [0.29, 0.717) is 10.8 Å². The van der Waals surface area contributed by atoms with Gasteiger partial charge in [0.05, 0.1) is 4.34 Å². The molecule has 120 valence electrons. The number of nitrogens with two attached hydrogens (primary N) is 1. The van der Waals surface area contributed by atoms with Gasteiger partial charge in [-0.25, -0.2) is 0 Å². The summed E-state index contributed by atoms with van der Waals surface area (Å²) in [4.78, 5) is 3.79. The smallest absolute Gasteiger partial charge is 0.0931 e. The van der Waals surface area contributed by atoms with E-state index in [4.69, 9.17) is 17.3 Å². The summed E-state index contributed by atoms with van der Waals surface area (Å²) in [5, 5.41) is 0. The van der Waals surface area contributed by atoms with Gasteiger partial charge in [-0.15, -0.1) is 11.3 Å². The van der Waals surface area contributed by atoms with E-state index in [1.165, 1.54) is 11.3 Å². The summed E-state index contributed by atoms with van der Waals surface area (Å²) in [6.07, 6.45) is 3.59. The lowest BCUT2D eigenvalue weighted by atomic mass is 9.58. The van der Waals surface area contributed by atoms with Gasteiger partial charge in [0.1, 0.15) is 0 Å². The minimum atomic E-state index is 0.0850. The van der Waals surface area contributed by atoms with Gasteiger partial charge in [-0.3, -0.25) is 4.90 Å². The minimum Gasteiger partial charge on any atom is -0.329 e. The van der Waals surface area contributed by atoms with Gasteiger partial charge in [-0.05, 0) is 49.3 Å². The molecule has 0 radical (unpaired) electrons. The van der Waals surface area contributed by atoms with Crippen LogP contribution in [0, 0.1) is 10.8 Å². The van der Waals surface area contributed by atoms with Crippen LogP contribution in [0.3, 0.4) is 0 Å². The van der Waals surface area contributed by atoms with E-state index in [1.807, 2.05) is 6.07 Å². The van der Waals surface area contributed by atoms with Crippen molar-refractivity contribution >= 4 is 22.9 Å². The Balaban J connectivity index is 2.23. The maximum absolute atomic E-state index is 6.28. The molecule has 0 amide bonds. The molecule has 0 unspecified atom stereocenters. The highest BCUT2D eigenvalue weighted by atomic mass is 35.5. The highest BCUT2D eigenvalue weighted by Crippen LogP contribution is 2.51. The molecule has 0 aliphatic heterocycles. The lowest BCUT2D eigenvalue weighted by molar-refractivity contribution is -0.0353. The maximum Gasteiger partial charge on any atom is 0.0931 e. The number of halogens is 1. The second kappa shape index (κ2) is 5.84. The molecule has 0 saturated heterocycles. The summed E-state index contributed by atoms with van der Waals surface area (Å²) in [6.45, 7) is 11.2. The molecule has 2 nitrogen and oxygen atoms in total. The molecule has 1 aliphatic rings. The number of likely N-dealkylation sites (N-methyl/N-ethyl adjacent to an activating group) is 1. The first-order valence-electron chi connectivity index (χ1n) is 7.73. The van der Waals surface area contributed by atoms with Crippen molar-refractivity contribution in [2.75, 3.05) is 13.6 Å². The third-order valence-corrected chi connectivity index (χ3v) is 6.00. The van der Waals surface area contributed by atoms with E-state index in [-0.39, 0.29) is 5.54 Å². The molecule has 4 heteroatoms. The molecule has 1 aromatic rings. The Morgan fingerprint density at radius 1 is 1.14 bits per heavy atom. The topological polar surface area (TPSA) is 29.3 Å². The van der Waals surface area contributed by atoms with Gasteiger partial charge in [0.15, 0.2) is 0 Å². The Morgan fingerprint density at radius 2 is 1.71 bits per heavy atom. The van der Waals surface area contributed by atoms with Gasteiger partial charge >= 0.3 is 0 Å². The van der Waals surface area contributed by atoms with Crippen LogP contribution in [0.4, 0.5) is 0 Å². The molecule has 1 fully saturated rings. The van der Waals surface area contributed by atoms with E-state index >= 15 is 0 Å². The standard InChI is InChI=1S/C17H29ClN2S/c1-15(2)9-16(3,4)11-17(10-15,12-19)20(5)8-13-6-7-14(18)21-13/h6-7H,8-12,19H2,1-5H3. The molecule has 0 aromatic carbocycles. The Hall–Kier alpha value is -0.0900. The molecule has 1 aromatic heterocycles. The molecule has 0 spiro atoms. The first kappa shape index (κ1) is 17.3. The zero-order valence-corrected chi connectivity index (χ0v) is 15.6. The van der Waals surface area contributed by atoms with Crippen LogP contribution in [0.2, 0.25) is 4.34 Å². The predicted octanol–water partition coefficient (Wildman–Crippen LogP) is 4.77. The minimum absolute atomic E-state index is 0.0850. The third kappa shape index (κ3) is 4.01. The van der Waals surface area contributed by atoms with Crippen LogP contribution in [0.1, 0.15) is 51.8 Å². The van der Waals surface area contributed by atoms with Crippen molar-refractivity contribution in [1.82, 2.24) is 4.90 Å². The van der Waals surface area contributed by atoms with Gasteiger partial charge in [0.2, 0.25) is 0 Å². The van der Waals surface area contributed by atoms with Gasteiger partial charge in [0, 0.05) is 23.5 Å². The van der Waals surface area contributed by atoms with Crippen molar-refractivity contribution in [3.05, 3.63) is 21.3 Å². The Labute approximate surface area is 138 Å². The second-order valence-corrected chi connectivity index (χ2v) is 10.1. The lowest BCUT2D eigenvalue weighted by Crippen LogP contribution is -2.59. The Kier molecular flexibility index (Phi) is 4.80. The molecular weight excluding hydrogens is 300 g/mol. The van der Waals surface area contributed by atoms with Gasteiger partial charge in [-0.2, -0.15) is 0 Å². The zero-order chi connectivity index (χ0) is 15.9. The van der Waals surface area contributed by atoms with Crippen molar-refractivity contribution < 1.29 is 0 Å². The number of hydrogen-bond acceptors (Lipinski definition) is 3. The van der Waals surface area contributed by atoms with E-state index in [9.17, 15) is 0 Å². The molecule has 0 atom stereocenters. The molecule has 2 rings (SSSR count). The van der Waals surface area contributed by atoms with Gasteiger partial charge in [0.25, 0.3) is 0 Å². The first-order valence-corrected chi connectivity index (χ1v) is 8.93. The third-order valence-electron chi connectivity index (χ3n) is 4.78. The first-order chi connectivity index (χ1) is 9.57. The number of thiophene rings is 1. The largest absolute Gasteiger partial charge is 0.329 e. The maximum atomic E-state index is 6.28.